The zero-order valence-electron chi connectivity index (χ0n) is 10.6. The molecule has 0 radical (unpaired) electrons. The van der Waals surface area contributed by atoms with Gasteiger partial charge < -0.3 is 9.52 Å². The summed E-state index contributed by atoms with van der Waals surface area (Å²) in [5, 5.41) is 9.11. The number of hydrogen-bond acceptors (Lipinski definition) is 4. The van der Waals surface area contributed by atoms with Crippen molar-refractivity contribution < 1.29 is 14.3 Å². The van der Waals surface area contributed by atoms with Gasteiger partial charge >= 0.3 is 5.97 Å². The molecule has 0 bridgehead atoms. The summed E-state index contributed by atoms with van der Waals surface area (Å²) in [6.07, 6.45) is 3.03. The number of carboxylic acids is 1. The fourth-order valence-corrected chi connectivity index (χ4v) is 2.05. The predicted molar refractivity (Wildman–Crippen MR) is 72.6 cm³/mol. The van der Waals surface area contributed by atoms with Gasteiger partial charge in [0.1, 0.15) is 5.52 Å². The largest absolute Gasteiger partial charge is 0.478 e. The van der Waals surface area contributed by atoms with E-state index in [-0.39, 0.29) is 5.56 Å². The number of para-hydroxylation sites is 1. The van der Waals surface area contributed by atoms with Crippen LogP contribution < -0.4 is 0 Å². The van der Waals surface area contributed by atoms with E-state index in [1.54, 1.807) is 18.3 Å². The summed E-state index contributed by atoms with van der Waals surface area (Å²) in [5.41, 5.74) is 2.01. The van der Waals surface area contributed by atoms with Crippen LogP contribution in [-0.4, -0.2) is 21.0 Å². The minimum absolute atomic E-state index is 0.162. The smallest absolute Gasteiger partial charge is 0.338 e. The average molecular weight is 268 g/mol. The molecule has 20 heavy (non-hydrogen) atoms. The Morgan fingerprint density at radius 2 is 2.05 bits per heavy atom. The topological polar surface area (TPSA) is 76.2 Å². The van der Waals surface area contributed by atoms with Crippen LogP contribution in [0.1, 0.15) is 21.9 Å². The molecule has 0 unspecified atom stereocenters. The van der Waals surface area contributed by atoms with Gasteiger partial charge in [-0.05, 0) is 30.7 Å². The highest BCUT2D eigenvalue weighted by Crippen LogP contribution is 2.20. The molecule has 0 saturated heterocycles. The van der Waals surface area contributed by atoms with E-state index in [0.29, 0.717) is 29.8 Å². The lowest BCUT2D eigenvalue weighted by atomic mass is 10.2. The number of aromatic carboxylic acids is 1. The Labute approximate surface area is 114 Å². The molecule has 1 N–H and O–H groups in total. The Morgan fingerprint density at radius 3 is 2.80 bits per heavy atom. The number of rotatable bonds is 4. The Bertz CT molecular complexity index is 750. The Hall–Kier alpha value is -2.69. The lowest BCUT2D eigenvalue weighted by molar-refractivity contribution is 0.0699. The Morgan fingerprint density at radius 1 is 1.15 bits per heavy atom. The minimum Gasteiger partial charge on any atom is -0.478 e. The molecule has 100 valence electrons. The third-order valence-electron chi connectivity index (χ3n) is 3.01. The first-order valence-corrected chi connectivity index (χ1v) is 6.25. The van der Waals surface area contributed by atoms with E-state index < -0.39 is 5.97 Å². The van der Waals surface area contributed by atoms with Crippen molar-refractivity contribution >= 4 is 17.1 Å². The van der Waals surface area contributed by atoms with Gasteiger partial charge in [-0.1, -0.05) is 12.1 Å². The number of aryl methyl sites for hydroxylation is 2. The fourth-order valence-electron chi connectivity index (χ4n) is 2.05. The number of carbonyl (C=O) groups is 1. The fraction of sp³-hybridized carbons (Fsp3) is 0.133. The van der Waals surface area contributed by atoms with Crippen LogP contribution in [0.15, 0.2) is 47.0 Å². The first-order chi connectivity index (χ1) is 9.74. The van der Waals surface area contributed by atoms with Crippen LogP contribution in [0.5, 0.6) is 0 Å². The highest BCUT2D eigenvalue weighted by Gasteiger charge is 2.14. The van der Waals surface area contributed by atoms with Gasteiger partial charge in [0.15, 0.2) is 11.5 Å². The van der Waals surface area contributed by atoms with E-state index in [9.17, 15) is 4.79 Å². The summed E-state index contributed by atoms with van der Waals surface area (Å²) in [6.45, 7) is 0. The number of oxazole rings is 1. The molecule has 2 heterocycles. The van der Waals surface area contributed by atoms with Crippen molar-refractivity contribution in [2.75, 3.05) is 0 Å². The zero-order chi connectivity index (χ0) is 13.9. The molecule has 1 aromatic carbocycles. The van der Waals surface area contributed by atoms with Crippen molar-refractivity contribution in [1.82, 2.24) is 9.97 Å². The third-order valence-corrected chi connectivity index (χ3v) is 3.01. The van der Waals surface area contributed by atoms with Crippen molar-refractivity contribution in [1.29, 1.82) is 0 Å². The molecule has 3 rings (SSSR count). The summed E-state index contributed by atoms with van der Waals surface area (Å²) in [7, 11) is 0. The second-order valence-electron chi connectivity index (χ2n) is 4.39. The van der Waals surface area contributed by atoms with Gasteiger partial charge in [0.05, 0.1) is 5.56 Å². The Kier molecular flexibility index (Phi) is 3.16. The maximum atomic E-state index is 11.1. The molecule has 0 amide bonds. The molecule has 0 spiro atoms. The molecule has 3 aromatic rings. The first-order valence-electron chi connectivity index (χ1n) is 6.25. The van der Waals surface area contributed by atoms with Gasteiger partial charge in [0.25, 0.3) is 0 Å². The van der Waals surface area contributed by atoms with E-state index in [2.05, 4.69) is 9.97 Å². The maximum Gasteiger partial charge on any atom is 0.338 e. The van der Waals surface area contributed by atoms with Crippen LogP contribution >= 0.6 is 0 Å². The van der Waals surface area contributed by atoms with Crippen molar-refractivity contribution in [3.63, 3.8) is 0 Å². The second-order valence-corrected chi connectivity index (χ2v) is 4.39. The molecule has 5 heteroatoms. The van der Waals surface area contributed by atoms with Crippen LogP contribution in [0.3, 0.4) is 0 Å². The van der Waals surface area contributed by atoms with Crippen LogP contribution in [0, 0.1) is 0 Å². The predicted octanol–water partition coefficient (Wildman–Crippen LogP) is 2.71. The molecule has 0 aliphatic carbocycles. The summed E-state index contributed by atoms with van der Waals surface area (Å²) in [5.74, 6) is -0.473. The van der Waals surface area contributed by atoms with Gasteiger partial charge in [-0.15, -0.1) is 0 Å². The molecular weight excluding hydrogens is 256 g/mol. The van der Waals surface area contributed by atoms with Crippen LogP contribution in [0.4, 0.5) is 0 Å². The number of fused-ring (bicyclic) bond motifs is 1. The van der Waals surface area contributed by atoms with Crippen molar-refractivity contribution in [3.8, 4) is 0 Å². The normalized spacial score (nSPS) is 10.8. The minimum atomic E-state index is -1.000. The lowest BCUT2D eigenvalue weighted by Crippen LogP contribution is -1.97. The Balaban J connectivity index is 1.86. The SMILES string of the molecule is O=C(O)c1cccc2oc(CCc3ccccn3)nc12. The summed E-state index contributed by atoms with van der Waals surface area (Å²) >= 11 is 0. The van der Waals surface area contributed by atoms with Gasteiger partial charge in [-0.2, -0.15) is 0 Å². The quantitative estimate of drug-likeness (QED) is 0.787. The number of pyridine rings is 1. The van der Waals surface area contributed by atoms with Gasteiger partial charge in [0, 0.05) is 18.3 Å². The standard InChI is InChI=1S/C15H12N2O3/c18-15(19)11-5-3-6-12-14(11)17-13(20-12)8-7-10-4-1-2-9-16-10/h1-6,9H,7-8H2,(H,18,19). The maximum absolute atomic E-state index is 11.1. The lowest BCUT2D eigenvalue weighted by Gasteiger charge is -1.96. The molecule has 0 saturated carbocycles. The van der Waals surface area contributed by atoms with Crippen LogP contribution in [-0.2, 0) is 12.8 Å². The van der Waals surface area contributed by atoms with E-state index in [1.807, 2.05) is 18.2 Å². The van der Waals surface area contributed by atoms with E-state index in [4.69, 9.17) is 9.52 Å². The van der Waals surface area contributed by atoms with Crippen molar-refractivity contribution in [2.45, 2.75) is 12.8 Å². The van der Waals surface area contributed by atoms with Crippen molar-refractivity contribution in [2.24, 2.45) is 0 Å². The highest BCUT2D eigenvalue weighted by atomic mass is 16.4. The van der Waals surface area contributed by atoms with Crippen molar-refractivity contribution in [3.05, 3.63) is 59.7 Å². The second kappa shape index (κ2) is 5.13. The summed E-state index contributed by atoms with van der Waals surface area (Å²) < 4.78 is 5.58. The zero-order valence-corrected chi connectivity index (χ0v) is 10.6. The first kappa shape index (κ1) is 12.3. The molecule has 0 fully saturated rings. The van der Waals surface area contributed by atoms with Gasteiger partial charge in [0.2, 0.25) is 0 Å². The molecule has 2 aromatic heterocycles. The third kappa shape index (κ3) is 2.38. The number of nitrogens with zero attached hydrogens (tertiary/aromatic N) is 2. The van der Waals surface area contributed by atoms with Crippen LogP contribution in [0.2, 0.25) is 0 Å². The van der Waals surface area contributed by atoms with E-state index in [1.165, 1.54) is 6.07 Å². The van der Waals surface area contributed by atoms with Gasteiger partial charge in [-0.3, -0.25) is 4.98 Å². The average Bonchev–Trinajstić information content (AvgIpc) is 2.88. The molecule has 0 aliphatic heterocycles. The molecular formula is C15H12N2O3. The highest BCUT2D eigenvalue weighted by molar-refractivity contribution is 6.00. The number of carboxylic acid groups (broad SMARTS) is 1. The van der Waals surface area contributed by atoms with E-state index in [0.717, 1.165) is 5.69 Å². The van der Waals surface area contributed by atoms with E-state index >= 15 is 0 Å². The molecule has 0 atom stereocenters. The number of aromatic nitrogens is 2. The molecule has 5 nitrogen and oxygen atoms in total. The molecule has 0 aliphatic rings. The van der Waals surface area contributed by atoms with Gasteiger partial charge in [-0.25, -0.2) is 9.78 Å². The monoisotopic (exact) mass is 268 g/mol. The number of benzene rings is 1. The summed E-state index contributed by atoms with van der Waals surface area (Å²) in [4.78, 5) is 19.6. The number of hydrogen-bond donors (Lipinski definition) is 1. The van der Waals surface area contributed by atoms with Crippen LogP contribution in [0.25, 0.3) is 11.1 Å². The summed E-state index contributed by atoms with van der Waals surface area (Å²) in [6, 6.07) is 10.6.